The Bertz CT molecular complexity index is 337. The van der Waals surface area contributed by atoms with Gasteiger partial charge < -0.3 is 9.26 Å². The summed E-state index contributed by atoms with van der Waals surface area (Å²) >= 11 is 0. The first-order valence-electron chi connectivity index (χ1n) is 6.05. The molecule has 0 saturated carbocycles. The van der Waals surface area contributed by atoms with E-state index in [9.17, 15) is 9.36 Å². The Morgan fingerprint density at radius 2 is 2.11 bits per heavy atom. The second-order valence-corrected chi connectivity index (χ2v) is 6.40. The molecule has 2 atom stereocenters. The molecule has 0 aliphatic heterocycles. The quantitative estimate of drug-likeness (QED) is 0.503. The van der Waals surface area contributed by atoms with Gasteiger partial charge in [-0.25, -0.2) is 0 Å². The predicted molar refractivity (Wildman–Crippen MR) is 69.7 cm³/mol. The minimum atomic E-state index is -2.04. The molecule has 0 spiro atoms. The third-order valence-electron chi connectivity index (χ3n) is 2.22. The van der Waals surface area contributed by atoms with Crippen LogP contribution in [0, 0.1) is 17.2 Å². The van der Waals surface area contributed by atoms with E-state index in [0.717, 1.165) is 0 Å². The van der Waals surface area contributed by atoms with Crippen LogP contribution in [-0.4, -0.2) is 24.3 Å². The summed E-state index contributed by atoms with van der Waals surface area (Å²) in [7, 11) is -2.04. The molecule has 0 bridgehead atoms. The zero-order valence-electron chi connectivity index (χ0n) is 11.5. The van der Waals surface area contributed by atoms with Gasteiger partial charge in [0.05, 0.1) is 6.61 Å². The summed E-state index contributed by atoms with van der Waals surface area (Å²) in [4.78, 5) is 10.8. The lowest BCUT2D eigenvalue weighted by molar-refractivity contribution is -0.150. The second kappa shape index (κ2) is 8.29. The van der Waals surface area contributed by atoms with E-state index in [4.69, 9.17) is 14.5 Å². The highest BCUT2D eigenvalue weighted by Crippen LogP contribution is 2.27. The van der Waals surface area contributed by atoms with Crippen LogP contribution < -0.4 is 0 Å². The number of carbonyl (C=O) groups excluding carboxylic acids is 1. The van der Waals surface area contributed by atoms with Gasteiger partial charge in [-0.2, -0.15) is 5.26 Å². The van der Waals surface area contributed by atoms with Crippen LogP contribution in [0.5, 0.6) is 0 Å². The van der Waals surface area contributed by atoms with Crippen LogP contribution in [0.15, 0.2) is 0 Å². The highest BCUT2D eigenvalue weighted by Gasteiger charge is 2.26. The second-order valence-electron chi connectivity index (χ2n) is 4.87. The van der Waals surface area contributed by atoms with Crippen LogP contribution in [0.1, 0.15) is 40.5 Å². The SMILES string of the molecule is CC(=O)OC(C)(C#N)CCC[PH](=O)OCC(C)C. The fourth-order valence-corrected chi connectivity index (χ4v) is 2.48. The van der Waals surface area contributed by atoms with E-state index in [2.05, 4.69) is 0 Å². The number of rotatable bonds is 8. The number of nitriles is 1. The molecule has 0 aliphatic rings. The molecule has 0 aromatic heterocycles. The fourth-order valence-electron chi connectivity index (χ4n) is 1.35. The monoisotopic (exact) mass is 275 g/mol. The van der Waals surface area contributed by atoms with Crippen molar-refractivity contribution >= 4 is 14.0 Å². The van der Waals surface area contributed by atoms with Gasteiger partial charge in [-0.3, -0.25) is 9.36 Å². The average Bonchev–Trinajstić information content (AvgIpc) is 2.25. The standard InChI is InChI=1S/C12H22NO4P/c1-10(2)8-16-18(15)7-5-6-12(4,9-13)17-11(3)14/h10,18H,5-8H2,1-4H3. The summed E-state index contributed by atoms with van der Waals surface area (Å²) in [6.45, 7) is 7.28. The minimum Gasteiger partial charge on any atom is -0.444 e. The van der Waals surface area contributed by atoms with E-state index in [0.29, 0.717) is 31.5 Å². The van der Waals surface area contributed by atoms with Crippen LogP contribution in [0.4, 0.5) is 0 Å². The molecule has 0 aromatic rings. The van der Waals surface area contributed by atoms with E-state index in [1.54, 1.807) is 6.92 Å². The van der Waals surface area contributed by atoms with Crippen LogP contribution in [0.3, 0.4) is 0 Å². The van der Waals surface area contributed by atoms with Crippen molar-refractivity contribution in [3.63, 3.8) is 0 Å². The van der Waals surface area contributed by atoms with Crippen molar-refractivity contribution in [2.24, 2.45) is 5.92 Å². The first-order chi connectivity index (χ1) is 8.29. The van der Waals surface area contributed by atoms with Crippen LogP contribution in [0.25, 0.3) is 0 Å². The van der Waals surface area contributed by atoms with Gasteiger partial charge in [0.15, 0.2) is 13.6 Å². The summed E-state index contributed by atoms with van der Waals surface area (Å²) < 4.78 is 21.6. The molecule has 0 heterocycles. The normalized spacial score (nSPS) is 15.8. The van der Waals surface area contributed by atoms with Crippen LogP contribution >= 0.6 is 8.03 Å². The van der Waals surface area contributed by atoms with Gasteiger partial charge in [-0.15, -0.1) is 0 Å². The lowest BCUT2D eigenvalue weighted by Gasteiger charge is -2.20. The highest BCUT2D eigenvalue weighted by atomic mass is 31.1. The molecule has 0 aromatic carbocycles. The van der Waals surface area contributed by atoms with Crippen molar-refractivity contribution in [2.45, 2.75) is 46.1 Å². The van der Waals surface area contributed by atoms with Gasteiger partial charge in [0, 0.05) is 19.5 Å². The van der Waals surface area contributed by atoms with Gasteiger partial charge in [0.1, 0.15) is 6.07 Å². The van der Waals surface area contributed by atoms with Crippen molar-refractivity contribution in [3.05, 3.63) is 0 Å². The third-order valence-corrected chi connectivity index (χ3v) is 3.47. The minimum absolute atomic E-state index is 0.351. The summed E-state index contributed by atoms with van der Waals surface area (Å²) in [5, 5.41) is 8.95. The van der Waals surface area contributed by atoms with Gasteiger partial charge in [-0.1, -0.05) is 13.8 Å². The molecule has 104 valence electrons. The van der Waals surface area contributed by atoms with E-state index in [-0.39, 0.29) is 0 Å². The molecule has 18 heavy (non-hydrogen) atoms. The third kappa shape index (κ3) is 8.27. The number of ether oxygens (including phenoxy) is 1. The van der Waals surface area contributed by atoms with Gasteiger partial charge in [0.2, 0.25) is 0 Å². The molecule has 0 aliphatic carbocycles. The Morgan fingerprint density at radius 1 is 1.50 bits per heavy atom. The number of hydrogen-bond donors (Lipinski definition) is 0. The summed E-state index contributed by atoms with van der Waals surface area (Å²) in [5.74, 6) is -0.132. The highest BCUT2D eigenvalue weighted by molar-refractivity contribution is 7.39. The summed E-state index contributed by atoms with van der Waals surface area (Å²) in [6, 6.07) is 1.96. The van der Waals surface area contributed by atoms with E-state index < -0.39 is 19.6 Å². The van der Waals surface area contributed by atoms with Gasteiger partial charge in [0.25, 0.3) is 0 Å². The molecule has 6 heteroatoms. The van der Waals surface area contributed by atoms with Crippen molar-refractivity contribution < 1.29 is 18.6 Å². The number of nitrogens with zero attached hydrogens (tertiary/aromatic N) is 1. The molecule has 2 unspecified atom stereocenters. The van der Waals surface area contributed by atoms with Crippen LogP contribution in [0.2, 0.25) is 0 Å². The Morgan fingerprint density at radius 3 is 2.56 bits per heavy atom. The molecule has 0 rings (SSSR count). The van der Waals surface area contributed by atoms with Gasteiger partial charge >= 0.3 is 5.97 Å². The maximum atomic E-state index is 11.5. The maximum Gasteiger partial charge on any atom is 0.304 e. The fraction of sp³-hybridized carbons (Fsp3) is 0.833. The Labute approximate surface area is 109 Å². The maximum absolute atomic E-state index is 11.5. The molecular formula is C12H22NO4P. The zero-order valence-corrected chi connectivity index (χ0v) is 12.5. The first-order valence-corrected chi connectivity index (χ1v) is 7.58. The van der Waals surface area contributed by atoms with Crippen molar-refractivity contribution in [2.75, 3.05) is 12.8 Å². The van der Waals surface area contributed by atoms with Crippen molar-refractivity contribution in [3.8, 4) is 6.07 Å². The molecule has 0 N–H and O–H groups in total. The summed E-state index contributed by atoms with van der Waals surface area (Å²) in [5.41, 5.74) is -1.13. The van der Waals surface area contributed by atoms with E-state index in [1.807, 2.05) is 19.9 Å². The van der Waals surface area contributed by atoms with Crippen molar-refractivity contribution in [1.29, 1.82) is 5.26 Å². The molecular weight excluding hydrogens is 253 g/mol. The lowest BCUT2D eigenvalue weighted by atomic mass is 10.0. The average molecular weight is 275 g/mol. The summed E-state index contributed by atoms with van der Waals surface area (Å²) in [6.07, 6.45) is 1.31. The Kier molecular flexibility index (Phi) is 7.90. The van der Waals surface area contributed by atoms with Crippen molar-refractivity contribution in [1.82, 2.24) is 0 Å². The largest absolute Gasteiger partial charge is 0.444 e. The number of hydrogen-bond acceptors (Lipinski definition) is 5. The molecule has 0 saturated heterocycles. The Balaban J connectivity index is 3.98. The Hall–Kier alpha value is -0.850. The lowest BCUT2D eigenvalue weighted by Crippen LogP contribution is -2.29. The predicted octanol–water partition coefficient (Wildman–Crippen LogP) is 2.76. The van der Waals surface area contributed by atoms with E-state index >= 15 is 0 Å². The number of carbonyl (C=O) groups is 1. The van der Waals surface area contributed by atoms with Crippen LogP contribution in [-0.2, 0) is 18.6 Å². The smallest absolute Gasteiger partial charge is 0.304 e. The van der Waals surface area contributed by atoms with E-state index in [1.165, 1.54) is 6.92 Å². The zero-order chi connectivity index (χ0) is 14.2. The molecule has 0 fully saturated rings. The molecule has 5 nitrogen and oxygen atoms in total. The van der Waals surface area contributed by atoms with Gasteiger partial charge in [-0.05, 0) is 19.3 Å². The topological polar surface area (TPSA) is 76.4 Å². The number of esters is 1. The molecule has 0 amide bonds. The molecule has 0 radical (unpaired) electrons. The first kappa shape index (κ1) is 17.2.